The normalized spacial score (nSPS) is 15.1. The van der Waals surface area contributed by atoms with Crippen molar-refractivity contribution in [3.63, 3.8) is 0 Å². The van der Waals surface area contributed by atoms with E-state index in [1.807, 2.05) is 60.7 Å². The summed E-state index contributed by atoms with van der Waals surface area (Å²) in [6, 6.07) is 21.5. The number of hydrogen-bond acceptors (Lipinski definition) is 6. The van der Waals surface area contributed by atoms with Crippen molar-refractivity contribution in [2.75, 3.05) is 6.61 Å². The summed E-state index contributed by atoms with van der Waals surface area (Å²) in [4.78, 5) is 31.8. The Morgan fingerprint density at radius 1 is 1.08 bits per heavy atom. The molecule has 9 heteroatoms. The summed E-state index contributed by atoms with van der Waals surface area (Å²) in [5.41, 5.74) is 3.07. The fraction of sp³-hybridized carbons (Fsp3) is 0.167. The second-order valence-electron chi connectivity index (χ2n) is 8.81. The van der Waals surface area contributed by atoms with Crippen LogP contribution in [0.1, 0.15) is 36.6 Å². The van der Waals surface area contributed by atoms with Crippen LogP contribution in [0.3, 0.4) is 0 Å². The zero-order chi connectivity index (χ0) is 27.5. The van der Waals surface area contributed by atoms with Gasteiger partial charge in [0.25, 0.3) is 5.56 Å². The first-order chi connectivity index (χ1) is 18.9. The van der Waals surface area contributed by atoms with Gasteiger partial charge in [0, 0.05) is 15.6 Å². The van der Waals surface area contributed by atoms with Crippen molar-refractivity contribution < 1.29 is 14.3 Å². The van der Waals surface area contributed by atoms with Crippen molar-refractivity contribution >= 4 is 46.6 Å². The van der Waals surface area contributed by atoms with Crippen molar-refractivity contribution in [3.8, 4) is 5.75 Å². The molecular formula is C30H24Cl2N2O4S. The van der Waals surface area contributed by atoms with E-state index in [0.29, 0.717) is 36.4 Å². The van der Waals surface area contributed by atoms with Gasteiger partial charge < -0.3 is 9.47 Å². The molecule has 1 aliphatic heterocycles. The van der Waals surface area contributed by atoms with Gasteiger partial charge in [0.15, 0.2) is 4.80 Å². The highest BCUT2D eigenvalue weighted by Crippen LogP contribution is 2.30. The van der Waals surface area contributed by atoms with E-state index in [-0.39, 0.29) is 18.8 Å². The van der Waals surface area contributed by atoms with Crippen LogP contribution in [0.2, 0.25) is 10.0 Å². The molecule has 1 aromatic heterocycles. The Bertz CT molecular complexity index is 1760. The summed E-state index contributed by atoms with van der Waals surface area (Å²) >= 11 is 13.5. The molecule has 0 saturated carbocycles. The van der Waals surface area contributed by atoms with Crippen LogP contribution in [-0.4, -0.2) is 17.1 Å². The summed E-state index contributed by atoms with van der Waals surface area (Å²) in [7, 11) is 0. The van der Waals surface area contributed by atoms with E-state index in [0.717, 1.165) is 16.7 Å². The van der Waals surface area contributed by atoms with Crippen LogP contribution in [0.15, 0.2) is 93.9 Å². The predicted octanol–water partition coefficient (Wildman–Crippen LogP) is 5.68. The van der Waals surface area contributed by atoms with Crippen LogP contribution in [0.5, 0.6) is 5.75 Å². The van der Waals surface area contributed by atoms with E-state index in [1.54, 1.807) is 36.6 Å². The number of carbonyl (C=O) groups is 1. The summed E-state index contributed by atoms with van der Waals surface area (Å²) in [5.74, 6) is 0.151. The minimum Gasteiger partial charge on any atom is -0.489 e. The number of ether oxygens (including phenoxy) is 2. The van der Waals surface area contributed by atoms with E-state index in [4.69, 9.17) is 32.7 Å². The van der Waals surface area contributed by atoms with Gasteiger partial charge in [-0.05, 0) is 55.3 Å². The summed E-state index contributed by atoms with van der Waals surface area (Å²) in [5, 5.41) is 1.09. The maximum absolute atomic E-state index is 13.7. The SMILES string of the molecule is CCOC(=O)C1=C(C)N=c2s/c(=C\c3cccc(OCc4ccc(Cl)cc4Cl)c3)c(=O)n2C1c1ccccc1. The van der Waals surface area contributed by atoms with Gasteiger partial charge in [0.2, 0.25) is 0 Å². The first-order valence-electron chi connectivity index (χ1n) is 12.3. The number of halogens is 2. The minimum absolute atomic E-state index is 0.226. The quantitative estimate of drug-likeness (QED) is 0.264. The molecule has 0 amide bonds. The lowest BCUT2D eigenvalue weighted by Crippen LogP contribution is -2.39. The number of aromatic nitrogens is 1. The molecule has 5 rings (SSSR count). The largest absolute Gasteiger partial charge is 0.489 e. The highest BCUT2D eigenvalue weighted by molar-refractivity contribution is 7.07. The number of carbonyl (C=O) groups excluding carboxylic acids is 1. The lowest BCUT2D eigenvalue weighted by atomic mass is 9.96. The summed E-state index contributed by atoms with van der Waals surface area (Å²) in [6.07, 6.45) is 1.80. The number of nitrogens with zero attached hydrogens (tertiary/aromatic N) is 2. The molecule has 0 bridgehead atoms. The van der Waals surface area contributed by atoms with Gasteiger partial charge in [0.05, 0.1) is 28.5 Å². The third kappa shape index (κ3) is 5.71. The topological polar surface area (TPSA) is 69.9 Å². The van der Waals surface area contributed by atoms with Gasteiger partial charge >= 0.3 is 5.97 Å². The highest BCUT2D eigenvalue weighted by atomic mass is 35.5. The predicted molar refractivity (Wildman–Crippen MR) is 154 cm³/mol. The molecule has 198 valence electrons. The first kappa shape index (κ1) is 26.9. The number of benzene rings is 3. The van der Waals surface area contributed by atoms with Crippen molar-refractivity contribution in [2.24, 2.45) is 4.99 Å². The standard InChI is InChI=1S/C30H24Cl2N2O4S/c1-3-37-29(36)26-18(2)33-30-34(27(26)20-9-5-4-6-10-20)28(35)25(39-30)15-19-8-7-11-23(14-19)38-17-21-12-13-22(31)16-24(21)32/h4-16,27H,3,17H2,1-2H3/b25-15-. The second kappa shape index (κ2) is 11.6. The minimum atomic E-state index is -0.637. The van der Waals surface area contributed by atoms with Gasteiger partial charge in [0.1, 0.15) is 12.4 Å². The Morgan fingerprint density at radius 2 is 1.87 bits per heavy atom. The fourth-order valence-corrected chi connectivity index (χ4v) is 5.90. The number of thiazole rings is 1. The third-order valence-electron chi connectivity index (χ3n) is 6.20. The smallest absolute Gasteiger partial charge is 0.338 e. The van der Waals surface area contributed by atoms with E-state index in [9.17, 15) is 9.59 Å². The Balaban J connectivity index is 1.52. The van der Waals surface area contributed by atoms with Crippen LogP contribution in [0.25, 0.3) is 6.08 Å². The van der Waals surface area contributed by atoms with Gasteiger partial charge in [-0.1, -0.05) is 83.1 Å². The first-order valence-corrected chi connectivity index (χ1v) is 13.8. The third-order valence-corrected chi connectivity index (χ3v) is 7.77. The lowest BCUT2D eigenvalue weighted by Gasteiger charge is -2.24. The van der Waals surface area contributed by atoms with Crippen molar-refractivity contribution in [1.82, 2.24) is 4.57 Å². The molecule has 0 N–H and O–H groups in total. The van der Waals surface area contributed by atoms with E-state index in [1.165, 1.54) is 11.3 Å². The number of fused-ring (bicyclic) bond motifs is 1. The Morgan fingerprint density at radius 3 is 2.62 bits per heavy atom. The number of rotatable bonds is 7. The Labute approximate surface area is 239 Å². The van der Waals surface area contributed by atoms with Crippen molar-refractivity contribution in [3.05, 3.63) is 130 Å². The number of hydrogen-bond donors (Lipinski definition) is 0. The monoisotopic (exact) mass is 578 g/mol. The molecule has 0 spiro atoms. The molecular weight excluding hydrogens is 555 g/mol. The summed E-state index contributed by atoms with van der Waals surface area (Å²) in [6.45, 7) is 4.02. The van der Waals surface area contributed by atoms with Crippen LogP contribution in [0.4, 0.5) is 0 Å². The molecule has 4 aromatic rings. The molecule has 1 atom stereocenters. The van der Waals surface area contributed by atoms with Crippen molar-refractivity contribution in [2.45, 2.75) is 26.5 Å². The van der Waals surface area contributed by atoms with Crippen LogP contribution in [0, 0.1) is 0 Å². The number of esters is 1. The average molecular weight is 580 g/mol. The van der Waals surface area contributed by atoms with E-state index in [2.05, 4.69) is 4.99 Å². The lowest BCUT2D eigenvalue weighted by molar-refractivity contribution is -0.139. The molecule has 6 nitrogen and oxygen atoms in total. The van der Waals surface area contributed by atoms with Gasteiger partial charge in [-0.25, -0.2) is 9.79 Å². The molecule has 0 saturated heterocycles. The highest BCUT2D eigenvalue weighted by Gasteiger charge is 2.33. The molecule has 0 aliphatic carbocycles. The Hall–Kier alpha value is -3.65. The van der Waals surface area contributed by atoms with Crippen LogP contribution >= 0.6 is 34.5 Å². The van der Waals surface area contributed by atoms with E-state index < -0.39 is 12.0 Å². The molecule has 3 aromatic carbocycles. The number of allylic oxidation sites excluding steroid dienone is 1. The molecule has 2 heterocycles. The van der Waals surface area contributed by atoms with Crippen molar-refractivity contribution in [1.29, 1.82) is 0 Å². The molecule has 0 fully saturated rings. The molecule has 39 heavy (non-hydrogen) atoms. The summed E-state index contributed by atoms with van der Waals surface area (Å²) < 4.78 is 13.4. The zero-order valence-electron chi connectivity index (χ0n) is 21.2. The zero-order valence-corrected chi connectivity index (χ0v) is 23.5. The van der Waals surface area contributed by atoms with Gasteiger partial charge in [-0.2, -0.15) is 0 Å². The van der Waals surface area contributed by atoms with Crippen LogP contribution in [-0.2, 0) is 16.1 Å². The van der Waals surface area contributed by atoms with Crippen LogP contribution < -0.4 is 19.6 Å². The average Bonchev–Trinajstić information content (AvgIpc) is 3.22. The van der Waals surface area contributed by atoms with Gasteiger partial charge in [-0.15, -0.1) is 0 Å². The molecule has 0 radical (unpaired) electrons. The maximum atomic E-state index is 13.7. The van der Waals surface area contributed by atoms with E-state index >= 15 is 0 Å². The second-order valence-corrected chi connectivity index (χ2v) is 10.7. The fourth-order valence-electron chi connectivity index (χ4n) is 4.39. The molecule has 1 aliphatic rings. The Kier molecular flexibility index (Phi) is 8.02. The maximum Gasteiger partial charge on any atom is 0.338 e. The van der Waals surface area contributed by atoms with Gasteiger partial charge in [-0.3, -0.25) is 9.36 Å². The molecule has 1 unspecified atom stereocenters.